The molecule has 1 heterocycles. The predicted molar refractivity (Wildman–Crippen MR) is 87.0 cm³/mol. The van der Waals surface area contributed by atoms with Crippen LogP contribution in [0.4, 0.5) is 0 Å². The first-order valence-electron chi connectivity index (χ1n) is 7.21. The highest BCUT2D eigenvalue weighted by Crippen LogP contribution is 2.24. The van der Waals surface area contributed by atoms with Gasteiger partial charge in [-0.1, -0.05) is 0 Å². The third kappa shape index (κ3) is 6.78. The van der Waals surface area contributed by atoms with E-state index in [1.54, 1.807) is 0 Å². The molecule has 0 bridgehead atoms. The van der Waals surface area contributed by atoms with Crippen molar-refractivity contribution >= 4 is 39.4 Å². The van der Waals surface area contributed by atoms with Gasteiger partial charge in [0.25, 0.3) is 0 Å². The molecule has 2 amide bonds. The van der Waals surface area contributed by atoms with Crippen LogP contribution in [-0.2, 0) is 24.2 Å². The SMILES string of the molecule is CC(=O)NCCN(C(=O)CSC1CCS(=O)(=O)C1)C(C)C(=O)O. The van der Waals surface area contributed by atoms with Crippen molar-refractivity contribution in [2.24, 2.45) is 0 Å². The van der Waals surface area contributed by atoms with Crippen molar-refractivity contribution in [3.05, 3.63) is 0 Å². The molecule has 0 aromatic heterocycles. The molecular formula is C13H22N2O6S2. The average Bonchev–Trinajstić information content (AvgIpc) is 2.79. The summed E-state index contributed by atoms with van der Waals surface area (Å²) in [6.45, 7) is 3.00. The van der Waals surface area contributed by atoms with Gasteiger partial charge in [0.1, 0.15) is 6.04 Å². The van der Waals surface area contributed by atoms with E-state index < -0.39 is 21.8 Å². The zero-order valence-electron chi connectivity index (χ0n) is 13.1. The lowest BCUT2D eigenvalue weighted by molar-refractivity contribution is -0.148. The number of carbonyl (C=O) groups is 3. The van der Waals surface area contributed by atoms with Gasteiger partial charge in [0.05, 0.1) is 17.3 Å². The number of rotatable bonds is 8. The molecule has 132 valence electrons. The first kappa shape index (κ1) is 19.8. The number of nitrogens with one attached hydrogen (secondary N) is 1. The zero-order chi connectivity index (χ0) is 17.6. The summed E-state index contributed by atoms with van der Waals surface area (Å²) in [5.41, 5.74) is 0. The second-order valence-electron chi connectivity index (χ2n) is 5.42. The molecule has 23 heavy (non-hydrogen) atoms. The summed E-state index contributed by atoms with van der Waals surface area (Å²) in [5.74, 6) is -1.54. The lowest BCUT2D eigenvalue weighted by Crippen LogP contribution is -2.47. The fraction of sp³-hybridized carbons (Fsp3) is 0.769. The number of sulfone groups is 1. The van der Waals surface area contributed by atoms with Crippen molar-refractivity contribution in [1.82, 2.24) is 10.2 Å². The van der Waals surface area contributed by atoms with E-state index in [-0.39, 0.29) is 47.4 Å². The van der Waals surface area contributed by atoms with Crippen molar-refractivity contribution in [2.75, 3.05) is 30.3 Å². The maximum absolute atomic E-state index is 12.3. The van der Waals surface area contributed by atoms with Crippen LogP contribution in [0.5, 0.6) is 0 Å². The van der Waals surface area contributed by atoms with Crippen LogP contribution in [0, 0.1) is 0 Å². The van der Waals surface area contributed by atoms with Crippen molar-refractivity contribution in [2.45, 2.75) is 31.6 Å². The van der Waals surface area contributed by atoms with Gasteiger partial charge in [-0.05, 0) is 13.3 Å². The molecule has 0 spiro atoms. The molecule has 8 nitrogen and oxygen atoms in total. The maximum atomic E-state index is 12.3. The normalized spacial score (nSPS) is 20.7. The average molecular weight is 366 g/mol. The molecule has 0 aromatic rings. The third-order valence-electron chi connectivity index (χ3n) is 3.51. The van der Waals surface area contributed by atoms with E-state index >= 15 is 0 Å². The summed E-state index contributed by atoms with van der Waals surface area (Å²) >= 11 is 1.24. The van der Waals surface area contributed by atoms with Gasteiger partial charge in [0.15, 0.2) is 9.84 Å². The van der Waals surface area contributed by atoms with Gasteiger partial charge in [-0.3, -0.25) is 9.59 Å². The number of hydrogen-bond donors (Lipinski definition) is 2. The van der Waals surface area contributed by atoms with Gasteiger partial charge in [0.2, 0.25) is 11.8 Å². The number of amides is 2. The fourth-order valence-electron chi connectivity index (χ4n) is 2.18. The molecular weight excluding hydrogens is 344 g/mol. The third-order valence-corrected chi connectivity index (χ3v) is 6.77. The molecule has 0 saturated carbocycles. The summed E-state index contributed by atoms with van der Waals surface area (Å²) in [5, 5.41) is 11.5. The van der Waals surface area contributed by atoms with E-state index in [1.807, 2.05) is 0 Å². The number of carbonyl (C=O) groups excluding carboxylic acids is 2. The predicted octanol–water partition coefficient (Wildman–Crippen LogP) is -0.655. The minimum atomic E-state index is -3.00. The van der Waals surface area contributed by atoms with Crippen LogP contribution in [0.1, 0.15) is 20.3 Å². The Morgan fingerprint density at radius 3 is 2.52 bits per heavy atom. The van der Waals surface area contributed by atoms with Crippen LogP contribution in [0.25, 0.3) is 0 Å². The summed E-state index contributed by atoms with van der Waals surface area (Å²) in [4.78, 5) is 35.4. The molecule has 0 aromatic carbocycles. The van der Waals surface area contributed by atoms with E-state index in [9.17, 15) is 22.8 Å². The number of thioether (sulfide) groups is 1. The Balaban J connectivity index is 2.56. The summed E-state index contributed by atoms with van der Waals surface area (Å²) in [6, 6.07) is -1.01. The van der Waals surface area contributed by atoms with Crippen LogP contribution in [0.3, 0.4) is 0 Å². The van der Waals surface area contributed by atoms with Crippen molar-refractivity contribution in [1.29, 1.82) is 0 Å². The smallest absolute Gasteiger partial charge is 0.326 e. The van der Waals surface area contributed by atoms with Crippen molar-refractivity contribution in [3.8, 4) is 0 Å². The van der Waals surface area contributed by atoms with Gasteiger partial charge >= 0.3 is 5.97 Å². The Bertz CT molecular complexity index is 563. The highest BCUT2D eigenvalue weighted by Gasteiger charge is 2.30. The summed E-state index contributed by atoms with van der Waals surface area (Å²) in [6.07, 6.45) is 0.515. The Morgan fingerprint density at radius 1 is 1.39 bits per heavy atom. The van der Waals surface area contributed by atoms with Crippen LogP contribution >= 0.6 is 11.8 Å². The number of hydrogen-bond acceptors (Lipinski definition) is 6. The molecule has 1 saturated heterocycles. The fourth-order valence-corrected chi connectivity index (χ4v) is 5.71. The molecule has 1 rings (SSSR count). The summed E-state index contributed by atoms with van der Waals surface area (Å²) in [7, 11) is -3.00. The lowest BCUT2D eigenvalue weighted by Gasteiger charge is -2.27. The van der Waals surface area contributed by atoms with Crippen LogP contribution in [0.2, 0.25) is 0 Å². The van der Waals surface area contributed by atoms with Crippen molar-refractivity contribution in [3.63, 3.8) is 0 Å². The van der Waals surface area contributed by atoms with Crippen LogP contribution < -0.4 is 5.32 Å². The second-order valence-corrected chi connectivity index (χ2v) is 8.94. The molecule has 0 radical (unpaired) electrons. The molecule has 1 fully saturated rings. The number of nitrogens with zero attached hydrogens (tertiary/aromatic N) is 1. The number of aliphatic carboxylic acids is 1. The minimum Gasteiger partial charge on any atom is -0.480 e. The number of carboxylic acids is 1. The van der Waals surface area contributed by atoms with E-state index in [0.717, 1.165) is 0 Å². The van der Waals surface area contributed by atoms with Crippen LogP contribution in [-0.4, -0.2) is 77.8 Å². The topological polar surface area (TPSA) is 121 Å². The molecule has 1 aliphatic rings. The first-order valence-corrected chi connectivity index (χ1v) is 10.1. The van der Waals surface area contributed by atoms with Gasteiger partial charge in [0, 0.05) is 25.3 Å². The highest BCUT2D eigenvalue weighted by atomic mass is 32.2. The molecule has 10 heteroatoms. The molecule has 2 atom stereocenters. The molecule has 2 N–H and O–H groups in total. The maximum Gasteiger partial charge on any atom is 0.326 e. The Hall–Kier alpha value is -1.29. The standard InChI is InChI=1S/C13H22N2O6S2/c1-9(13(18)19)15(5-4-14-10(2)16)12(17)7-22-11-3-6-23(20,21)8-11/h9,11H,3-8H2,1-2H3,(H,14,16)(H,18,19). The van der Waals surface area contributed by atoms with E-state index in [0.29, 0.717) is 6.42 Å². The minimum absolute atomic E-state index is 0.0257. The first-order chi connectivity index (χ1) is 10.6. The highest BCUT2D eigenvalue weighted by molar-refractivity contribution is 8.02. The molecule has 0 aliphatic carbocycles. The van der Waals surface area contributed by atoms with E-state index in [1.165, 1.54) is 30.5 Å². The van der Waals surface area contributed by atoms with Crippen molar-refractivity contribution < 1.29 is 27.9 Å². The Morgan fingerprint density at radius 2 is 2.04 bits per heavy atom. The van der Waals surface area contributed by atoms with Gasteiger partial charge < -0.3 is 15.3 Å². The monoisotopic (exact) mass is 366 g/mol. The molecule has 1 aliphatic heterocycles. The molecule has 2 unspecified atom stereocenters. The Labute approximate surface area is 139 Å². The van der Waals surface area contributed by atoms with Gasteiger partial charge in [-0.2, -0.15) is 0 Å². The lowest BCUT2D eigenvalue weighted by atomic mass is 10.2. The number of carboxylic acid groups (broad SMARTS) is 1. The van der Waals surface area contributed by atoms with Gasteiger partial charge in [-0.25, -0.2) is 13.2 Å². The Kier molecular flexibility index (Phi) is 7.33. The van der Waals surface area contributed by atoms with Crippen LogP contribution in [0.15, 0.2) is 0 Å². The quantitative estimate of drug-likeness (QED) is 0.585. The van der Waals surface area contributed by atoms with E-state index in [2.05, 4.69) is 5.32 Å². The largest absolute Gasteiger partial charge is 0.480 e. The van der Waals surface area contributed by atoms with E-state index in [4.69, 9.17) is 5.11 Å². The zero-order valence-corrected chi connectivity index (χ0v) is 14.8. The second kappa shape index (κ2) is 8.53. The summed E-state index contributed by atoms with van der Waals surface area (Å²) < 4.78 is 22.8. The van der Waals surface area contributed by atoms with Gasteiger partial charge in [-0.15, -0.1) is 11.8 Å².